The molecule has 21 heavy (non-hydrogen) atoms. The smallest absolute Gasteiger partial charge is 0.390 e. The summed E-state index contributed by atoms with van der Waals surface area (Å²) in [7, 11) is 0. The first-order chi connectivity index (χ1) is 9.95. The normalized spacial score (nSPS) is 11.8. The van der Waals surface area contributed by atoms with Crippen LogP contribution in [0.25, 0.3) is 0 Å². The lowest BCUT2D eigenvalue weighted by atomic mass is 10.1. The Kier molecular flexibility index (Phi) is 4.85. The number of rotatable bonds is 4. The van der Waals surface area contributed by atoms with Crippen LogP contribution in [0.2, 0.25) is 5.02 Å². The predicted molar refractivity (Wildman–Crippen MR) is 74.2 cm³/mol. The number of alkyl halides is 3. The maximum atomic E-state index is 12.4. The average Bonchev–Trinajstić information content (AvgIpc) is 2.45. The molecule has 0 aliphatic rings. The quantitative estimate of drug-likeness (QED) is 0.588. The van der Waals surface area contributed by atoms with Crippen molar-refractivity contribution >= 4 is 17.8 Å². The first kappa shape index (κ1) is 15.4. The van der Waals surface area contributed by atoms with Crippen molar-refractivity contribution in [2.45, 2.75) is 12.8 Å². The summed E-state index contributed by atoms with van der Waals surface area (Å²) in [6, 6.07) is 11.5. The minimum Gasteiger partial charge on any atom is -0.390 e. The zero-order chi connectivity index (χ0) is 15.3. The topological polar surface area (TPSA) is 21.6 Å². The van der Waals surface area contributed by atoms with Gasteiger partial charge in [-0.05, 0) is 29.8 Å². The summed E-state index contributed by atoms with van der Waals surface area (Å²) in [5, 5.41) is 4.23. The highest BCUT2D eigenvalue weighted by Crippen LogP contribution is 2.29. The lowest BCUT2D eigenvalue weighted by Gasteiger charge is -2.06. The third-order valence-electron chi connectivity index (χ3n) is 2.60. The summed E-state index contributed by atoms with van der Waals surface area (Å²) in [5.41, 5.74) is 0.582. The molecule has 6 heteroatoms. The Morgan fingerprint density at radius 1 is 1.00 bits per heavy atom. The molecule has 109 valence electrons. The van der Waals surface area contributed by atoms with Gasteiger partial charge in [-0.2, -0.15) is 13.2 Å². The molecule has 0 heterocycles. The third kappa shape index (κ3) is 4.79. The average molecular weight is 313 g/mol. The van der Waals surface area contributed by atoms with E-state index in [9.17, 15) is 13.2 Å². The molecule has 0 aromatic heterocycles. The molecular weight excluding hydrogens is 303 g/mol. The van der Waals surface area contributed by atoms with Crippen LogP contribution < -0.4 is 0 Å². The van der Waals surface area contributed by atoms with Gasteiger partial charge in [0.1, 0.15) is 12.8 Å². The second-order valence-corrected chi connectivity index (χ2v) is 4.61. The molecule has 0 N–H and O–H groups in total. The highest BCUT2D eigenvalue weighted by molar-refractivity contribution is 6.30. The summed E-state index contributed by atoms with van der Waals surface area (Å²) in [5.74, 6) is 0. The Hall–Kier alpha value is -2.01. The summed E-state index contributed by atoms with van der Waals surface area (Å²) in [6.45, 7) is 0.0682. The van der Waals surface area contributed by atoms with Crippen molar-refractivity contribution < 1.29 is 18.0 Å². The van der Waals surface area contributed by atoms with Crippen molar-refractivity contribution in [3.8, 4) is 0 Å². The highest BCUT2D eigenvalue weighted by Gasteiger charge is 2.29. The van der Waals surface area contributed by atoms with Crippen LogP contribution in [0.3, 0.4) is 0 Å². The fourth-order valence-electron chi connectivity index (χ4n) is 1.51. The van der Waals surface area contributed by atoms with Crippen LogP contribution in [-0.4, -0.2) is 6.21 Å². The van der Waals surface area contributed by atoms with Gasteiger partial charge in [-0.25, -0.2) is 0 Å². The second kappa shape index (κ2) is 6.63. The van der Waals surface area contributed by atoms with Gasteiger partial charge < -0.3 is 4.84 Å². The SMILES string of the molecule is FC(F)(F)c1ccc(CON=[C]c2ccc(Cl)cc2)cc1. The van der Waals surface area contributed by atoms with E-state index in [0.29, 0.717) is 16.1 Å². The van der Waals surface area contributed by atoms with Crippen molar-refractivity contribution in [3.05, 3.63) is 70.2 Å². The highest BCUT2D eigenvalue weighted by atomic mass is 35.5. The van der Waals surface area contributed by atoms with Crippen molar-refractivity contribution in [1.82, 2.24) is 0 Å². The van der Waals surface area contributed by atoms with E-state index in [2.05, 4.69) is 11.4 Å². The van der Waals surface area contributed by atoms with Crippen molar-refractivity contribution in [2.75, 3.05) is 0 Å². The van der Waals surface area contributed by atoms with E-state index >= 15 is 0 Å². The molecule has 2 rings (SSSR count). The lowest BCUT2D eigenvalue weighted by molar-refractivity contribution is -0.137. The number of halogens is 4. The van der Waals surface area contributed by atoms with Crippen LogP contribution >= 0.6 is 11.6 Å². The molecule has 0 spiro atoms. The molecule has 0 unspecified atom stereocenters. The molecular formula is C15H10ClF3NO. The summed E-state index contributed by atoms with van der Waals surface area (Å²) in [6.07, 6.45) is -1.69. The van der Waals surface area contributed by atoms with Crippen LogP contribution in [0.15, 0.2) is 53.7 Å². The fourth-order valence-corrected chi connectivity index (χ4v) is 1.63. The Bertz CT molecular complexity index is 606. The standard InChI is InChI=1S/C15H10ClF3NO/c16-14-7-3-11(4-8-14)9-20-21-10-12-1-5-13(6-2-12)15(17,18)19/h1-8H,10H2. The molecule has 0 saturated heterocycles. The Morgan fingerprint density at radius 3 is 2.19 bits per heavy atom. The van der Waals surface area contributed by atoms with E-state index in [1.165, 1.54) is 12.1 Å². The molecule has 0 bridgehead atoms. The van der Waals surface area contributed by atoms with E-state index < -0.39 is 11.7 Å². The summed E-state index contributed by atoms with van der Waals surface area (Å²) >= 11 is 5.73. The van der Waals surface area contributed by atoms with Gasteiger partial charge >= 0.3 is 6.18 Å². The Labute approximate surface area is 124 Å². The first-order valence-corrected chi connectivity index (χ1v) is 6.33. The number of hydrogen-bond donors (Lipinski definition) is 0. The molecule has 0 aliphatic carbocycles. The molecule has 0 saturated carbocycles. The zero-order valence-electron chi connectivity index (χ0n) is 10.7. The monoisotopic (exact) mass is 312 g/mol. The fraction of sp³-hybridized carbons (Fsp3) is 0.133. The van der Waals surface area contributed by atoms with Crippen LogP contribution in [0.1, 0.15) is 16.7 Å². The number of benzene rings is 2. The lowest BCUT2D eigenvalue weighted by Crippen LogP contribution is -2.04. The van der Waals surface area contributed by atoms with E-state index in [1.54, 1.807) is 24.3 Å². The van der Waals surface area contributed by atoms with Gasteiger partial charge in [-0.1, -0.05) is 41.0 Å². The molecule has 0 fully saturated rings. The zero-order valence-corrected chi connectivity index (χ0v) is 11.4. The molecule has 0 aliphatic heterocycles. The second-order valence-electron chi connectivity index (χ2n) is 4.18. The van der Waals surface area contributed by atoms with Gasteiger partial charge in [0, 0.05) is 10.6 Å². The summed E-state index contributed by atoms with van der Waals surface area (Å²) in [4.78, 5) is 4.98. The third-order valence-corrected chi connectivity index (χ3v) is 2.85. The van der Waals surface area contributed by atoms with Gasteiger partial charge in [0.2, 0.25) is 0 Å². The van der Waals surface area contributed by atoms with E-state index in [0.717, 1.165) is 12.1 Å². The predicted octanol–water partition coefficient (Wildman–Crippen LogP) is 4.79. The largest absolute Gasteiger partial charge is 0.416 e. The van der Waals surface area contributed by atoms with E-state index in [1.807, 2.05) is 0 Å². The maximum absolute atomic E-state index is 12.4. The van der Waals surface area contributed by atoms with Crippen molar-refractivity contribution in [1.29, 1.82) is 0 Å². The van der Waals surface area contributed by atoms with Crippen LogP contribution in [0, 0.1) is 0 Å². The Morgan fingerprint density at radius 2 is 1.62 bits per heavy atom. The van der Waals surface area contributed by atoms with E-state index in [4.69, 9.17) is 16.4 Å². The van der Waals surface area contributed by atoms with Gasteiger partial charge in [0.15, 0.2) is 0 Å². The molecule has 0 atom stereocenters. The van der Waals surface area contributed by atoms with Crippen molar-refractivity contribution in [3.63, 3.8) is 0 Å². The van der Waals surface area contributed by atoms with Gasteiger partial charge in [0.05, 0.1) is 5.56 Å². The maximum Gasteiger partial charge on any atom is 0.416 e. The number of nitrogens with zero attached hydrogens (tertiary/aromatic N) is 1. The Balaban J connectivity index is 1.87. The minimum atomic E-state index is -4.33. The van der Waals surface area contributed by atoms with Crippen LogP contribution in [0.4, 0.5) is 13.2 Å². The molecule has 2 aromatic rings. The van der Waals surface area contributed by atoms with Crippen molar-refractivity contribution in [2.24, 2.45) is 5.16 Å². The van der Waals surface area contributed by atoms with Gasteiger partial charge in [-0.3, -0.25) is 0 Å². The molecule has 1 radical (unpaired) electrons. The minimum absolute atomic E-state index is 0.0682. The summed E-state index contributed by atoms with van der Waals surface area (Å²) < 4.78 is 37.1. The molecule has 2 aromatic carbocycles. The molecule has 0 amide bonds. The first-order valence-electron chi connectivity index (χ1n) is 5.95. The van der Waals surface area contributed by atoms with E-state index in [-0.39, 0.29) is 6.61 Å². The van der Waals surface area contributed by atoms with Crippen LogP contribution in [-0.2, 0) is 17.6 Å². The molecule has 2 nitrogen and oxygen atoms in total. The van der Waals surface area contributed by atoms with Gasteiger partial charge in [0.25, 0.3) is 0 Å². The van der Waals surface area contributed by atoms with Crippen LogP contribution in [0.5, 0.6) is 0 Å². The number of hydrogen-bond acceptors (Lipinski definition) is 2. The van der Waals surface area contributed by atoms with Gasteiger partial charge in [-0.15, -0.1) is 0 Å².